The molecule has 0 heterocycles. The Balaban J connectivity index is 2.47. The summed E-state index contributed by atoms with van der Waals surface area (Å²) >= 11 is 0. The van der Waals surface area contributed by atoms with Gasteiger partial charge in [-0.3, -0.25) is 0 Å². The second-order valence-electron chi connectivity index (χ2n) is 6.57. The van der Waals surface area contributed by atoms with E-state index in [9.17, 15) is 0 Å². The van der Waals surface area contributed by atoms with Crippen molar-refractivity contribution in [1.29, 1.82) is 0 Å². The van der Waals surface area contributed by atoms with Crippen molar-refractivity contribution >= 4 is 0 Å². The summed E-state index contributed by atoms with van der Waals surface area (Å²) in [6, 6.07) is 1.10. The van der Waals surface area contributed by atoms with Gasteiger partial charge in [0.05, 0.1) is 0 Å². The SMILES string of the molecule is CC1CCCC(NC(CCO)C(C)(C)C)C1. The van der Waals surface area contributed by atoms with Crippen molar-refractivity contribution in [2.24, 2.45) is 11.3 Å². The zero-order chi connectivity index (χ0) is 12.2. The molecule has 96 valence electrons. The van der Waals surface area contributed by atoms with E-state index in [1.807, 2.05) is 0 Å². The lowest BCUT2D eigenvalue weighted by atomic mass is 9.81. The molecule has 2 heteroatoms. The van der Waals surface area contributed by atoms with Gasteiger partial charge in [-0.25, -0.2) is 0 Å². The number of aliphatic hydroxyl groups excluding tert-OH is 1. The molecule has 3 atom stereocenters. The van der Waals surface area contributed by atoms with E-state index in [1.165, 1.54) is 25.7 Å². The molecule has 1 rings (SSSR count). The highest BCUT2D eigenvalue weighted by atomic mass is 16.3. The molecule has 0 aromatic carbocycles. The molecule has 0 spiro atoms. The highest BCUT2D eigenvalue weighted by molar-refractivity contribution is 4.85. The molecule has 0 amide bonds. The van der Waals surface area contributed by atoms with Crippen molar-refractivity contribution in [2.75, 3.05) is 6.61 Å². The van der Waals surface area contributed by atoms with Crippen molar-refractivity contribution < 1.29 is 5.11 Å². The van der Waals surface area contributed by atoms with Crippen LogP contribution in [-0.4, -0.2) is 23.8 Å². The first-order valence-electron chi connectivity index (χ1n) is 6.80. The highest BCUT2D eigenvalue weighted by Crippen LogP contribution is 2.27. The molecule has 0 bridgehead atoms. The number of hydrogen-bond acceptors (Lipinski definition) is 2. The number of nitrogens with one attached hydrogen (secondary N) is 1. The largest absolute Gasteiger partial charge is 0.396 e. The summed E-state index contributed by atoms with van der Waals surface area (Å²) in [4.78, 5) is 0. The molecule has 1 fully saturated rings. The molecule has 2 N–H and O–H groups in total. The molecule has 0 aliphatic heterocycles. The first-order chi connectivity index (χ1) is 7.43. The van der Waals surface area contributed by atoms with Crippen LogP contribution < -0.4 is 5.32 Å². The predicted octanol–water partition coefficient (Wildman–Crippen LogP) is 2.95. The molecule has 16 heavy (non-hydrogen) atoms. The van der Waals surface area contributed by atoms with E-state index in [4.69, 9.17) is 5.11 Å². The second-order valence-corrected chi connectivity index (χ2v) is 6.57. The highest BCUT2D eigenvalue weighted by Gasteiger charge is 2.28. The maximum Gasteiger partial charge on any atom is 0.0446 e. The lowest BCUT2D eigenvalue weighted by Crippen LogP contribution is -2.47. The summed E-state index contributed by atoms with van der Waals surface area (Å²) in [5.74, 6) is 0.862. The van der Waals surface area contributed by atoms with E-state index in [-0.39, 0.29) is 12.0 Å². The van der Waals surface area contributed by atoms with Crippen LogP contribution in [0.3, 0.4) is 0 Å². The van der Waals surface area contributed by atoms with Crippen LogP contribution in [-0.2, 0) is 0 Å². The molecule has 0 aromatic heterocycles. The van der Waals surface area contributed by atoms with Gasteiger partial charge >= 0.3 is 0 Å². The quantitative estimate of drug-likeness (QED) is 0.774. The summed E-state index contributed by atoms with van der Waals surface area (Å²) in [6.07, 6.45) is 6.22. The molecule has 2 nitrogen and oxygen atoms in total. The van der Waals surface area contributed by atoms with E-state index in [0.717, 1.165) is 12.3 Å². The maximum absolute atomic E-state index is 9.14. The Bertz CT molecular complexity index is 197. The van der Waals surface area contributed by atoms with Crippen molar-refractivity contribution in [2.45, 2.75) is 71.9 Å². The number of rotatable bonds is 4. The molecule has 0 radical (unpaired) electrons. The Hall–Kier alpha value is -0.0800. The lowest BCUT2D eigenvalue weighted by Gasteiger charge is -2.37. The Labute approximate surface area is 101 Å². The molecule has 1 aliphatic carbocycles. The molecule has 3 unspecified atom stereocenters. The van der Waals surface area contributed by atoms with Gasteiger partial charge in [-0.05, 0) is 30.6 Å². The Morgan fingerprint density at radius 2 is 2.00 bits per heavy atom. The van der Waals surface area contributed by atoms with Crippen LogP contribution in [0.4, 0.5) is 0 Å². The van der Waals surface area contributed by atoms with Gasteiger partial charge in [0.2, 0.25) is 0 Å². The van der Waals surface area contributed by atoms with Crippen LogP contribution >= 0.6 is 0 Å². The summed E-state index contributed by atoms with van der Waals surface area (Å²) in [6.45, 7) is 9.41. The monoisotopic (exact) mass is 227 g/mol. The van der Waals surface area contributed by atoms with Crippen LogP contribution in [0.2, 0.25) is 0 Å². The van der Waals surface area contributed by atoms with Gasteiger partial charge in [0, 0.05) is 18.7 Å². The standard InChI is InChI=1S/C14H29NO/c1-11-6-5-7-12(10-11)15-13(8-9-16)14(2,3)4/h11-13,15-16H,5-10H2,1-4H3. The topological polar surface area (TPSA) is 32.3 Å². The zero-order valence-electron chi connectivity index (χ0n) is 11.4. The fourth-order valence-electron chi connectivity index (χ4n) is 2.77. The van der Waals surface area contributed by atoms with Gasteiger partial charge in [0.15, 0.2) is 0 Å². The average molecular weight is 227 g/mol. The third-order valence-corrected chi connectivity index (χ3v) is 3.84. The minimum atomic E-state index is 0.239. The Morgan fingerprint density at radius 1 is 1.31 bits per heavy atom. The van der Waals surface area contributed by atoms with Gasteiger partial charge < -0.3 is 10.4 Å². The van der Waals surface area contributed by atoms with Crippen molar-refractivity contribution in [1.82, 2.24) is 5.32 Å². The smallest absolute Gasteiger partial charge is 0.0446 e. The fraction of sp³-hybridized carbons (Fsp3) is 1.00. The van der Waals surface area contributed by atoms with E-state index < -0.39 is 0 Å². The third kappa shape index (κ3) is 4.42. The molecule has 0 aromatic rings. The Kier molecular flexibility index (Phi) is 5.26. The van der Waals surface area contributed by atoms with Gasteiger partial charge in [0.25, 0.3) is 0 Å². The average Bonchev–Trinajstić information content (AvgIpc) is 2.16. The molecular formula is C14H29NO. The molecule has 1 saturated carbocycles. The van der Waals surface area contributed by atoms with Crippen molar-refractivity contribution in [3.05, 3.63) is 0 Å². The van der Waals surface area contributed by atoms with Crippen molar-refractivity contribution in [3.63, 3.8) is 0 Å². The zero-order valence-corrected chi connectivity index (χ0v) is 11.4. The van der Waals surface area contributed by atoms with Crippen LogP contribution in [0.5, 0.6) is 0 Å². The Morgan fingerprint density at radius 3 is 2.50 bits per heavy atom. The van der Waals surface area contributed by atoms with Crippen molar-refractivity contribution in [3.8, 4) is 0 Å². The van der Waals surface area contributed by atoms with E-state index in [2.05, 4.69) is 33.0 Å². The first kappa shape index (κ1) is 14.0. The summed E-state index contributed by atoms with van der Waals surface area (Å²) in [5, 5.41) is 12.9. The maximum atomic E-state index is 9.14. The summed E-state index contributed by atoms with van der Waals surface area (Å²) in [7, 11) is 0. The van der Waals surface area contributed by atoms with Gasteiger partial charge in [0.1, 0.15) is 0 Å². The van der Waals surface area contributed by atoms with Crippen LogP contribution in [0.25, 0.3) is 0 Å². The van der Waals surface area contributed by atoms with E-state index >= 15 is 0 Å². The molecule has 0 saturated heterocycles. The second kappa shape index (κ2) is 6.02. The van der Waals surface area contributed by atoms with E-state index in [0.29, 0.717) is 12.1 Å². The van der Waals surface area contributed by atoms with Gasteiger partial charge in [-0.1, -0.05) is 40.5 Å². The number of aliphatic hydroxyl groups is 1. The van der Waals surface area contributed by atoms with Crippen LogP contribution in [0.15, 0.2) is 0 Å². The van der Waals surface area contributed by atoms with Gasteiger partial charge in [-0.15, -0.1) is 0 Å². The van der Waals surface area contributed by atoms with Gasteiger partial charge in [-0.2, -0.15) is 0 Å². The fourth-order valence-corrected chi connectivity index (χ4v) is 2.77. The third-order valence-electron chi connectivity index (χ3n) is 3.84. The van der Waals surface area contributed by atoms with E-state index in [1.54, 1.807) is 0 Å². The lowest BCUT2D eigenvalue weighted by molar-refractivity contribution is 0.167. The minimum absolute atomic E-state index is 0.239. The number of hydrogen-bond donors (Lipinski definition) is 2. The van der Waals surface area contributed by atoms with Crippen LogP contribution in [0, 0.1) is 11.3 Å². The summed E-state index contributed by atoms with van der Waals surface area (Å²) < 4.78 is 0. The first-order valence-corrected chi connectivity index (χ1v) is 6.80. The minimum Gasteiger partial charge on any atom is -0.396 e. The van der Waals surface area contributed by atoms with Crippen LogP contribution in [0.1, 0.15) is 59.8 Å². The molecule has 1 aliphatic rings. The normalized spacial score (nSPS) is 29.1. The molecular weight excluding hydrogens is 198 g/mol. The summed E-state index contributed by atoms with van der Waals surface area (Å²) in [5.41, 5.74) is 0.239. The predicted molar refractivity (Wildman–Crippen MR) is 69.5 cm³/mol.